The van der Waals surface area contributed by atoms with Crippen molar-refractivity contribution in [1.29, 1.82) is 0 Å². The van der Waals surface area contributed by atoms with E-state index in [2.05, 4.69) is 4.74 Å². The molecule has 0 aliphatic carbocycles. The zero-order valence-electron chi connectivity index (χ0n) is 10.0. The number of rotatable bonds is 4. The molecule has 0 bridgehead atoms. The topological polar surface area (TPSA) is 29.5 Å². The van der Waals surface area contributed by atoms with Gasteiger partial charge in [-0.05, 0) is 16.3 Å². The van der Waals surface area contributed by atoms with E-state index in [-0.39, 0.29) is 6.61 Å². The van der Waals surface area contributed by atoms with Crippen LogP contribution in [0.3, 0.4) is 0 Å². The summed E-state index contributed by atoms with van der Waals surface area (Å²) in [6.07, 6.45) is -5.45. The summed E-state index contributed by atoms with van der Waals surface area (Å²) in [5.41, 5.74) is 0.570. The van der Waals surface area contributed by atoms with E-state index in [0.717, 1.165) is 10.8 Å². The number of halogens is 3. The molecule has 0 spiro atoms. The van der Waals surface area contributed by atoms with Gasteiger partial charge in [0.05, 0.1) is 6.61 Å². The van der Waals surface area contributed by atoms with Gasteiger partial charge >= 0.3 is 6.18 Å². The summed E-state index contributed by atoms with van der Waals surface area (Å²) < 4.78 is 40.4. The first-order chi connectivity index (χ1) is 8.97. The highest BCUT2D eigenvalue weighted by Gasteiger charge is 2.28. The highest BCUT2D eigenvalue weighted by atomic mass is 19.4. The maximum Gasteiger partial charge on any atom is 0.411 e. The van der Waals surface area contributed by atoms with E-state index in [0.29, 0.717) is 5.56 Å². The Morgan fingerprint density at radius 3 is 2.47 bits per heavy atom. The van der Waals surface area contributed by atoms with Crippen molar-refractivity contribution < 1.29 is 23.0 Å². The molecule has 102 valence electrons. The fourth-order valence-corrected chi connectivity index (χ4v) is 1.92. The molecule has 2 aromatic rings. The van der Waals surface area contributed by atoms with Crippen LogP contribution in [-0.2, 0) is 4.74 Å². The van der Waals surface area contributed by atoms with Crippen molar-refractivity contribution in [2.24, 2.45) is 0 Å². The van der Waals surface area contributed by atoms with Crippen LogP contribution in [0, 0.1) is 0 Å². The second-order valence-electron chi connectivity index (χ2n) is 4.21. The van der Waals surface area contributed by atoms with Gasteiger partial charge in [0.1, 0.15) is 12.7 Å². The normalized spacial score (nSPS) is 13.7. The summed E-state index contributed by atoms with van der Waals surface area (Å²) in [6, 6.07) is 12.7. The fourth-order valence-electron chi connectivity index (χ4n) is 1.92. The van der Waals surface area contributed by atoms with Gasteiger partial charge in [0.2, 0.25) is 0 Å². The number of hydrogen-bond donors (Lipinski definition) is 1. The van der Waals surface area contributed by atoms with Crippen molar-refractivity contribution in [2.75, 3.05) is 13.2 Å². The molecule has 0 radical (unpaired) electrons. The van der Waals surface area contributed by atoms with Crippen LogP contribution in [-0.4, -0.2) is 24.5 Å². The first kappa shape index (κ1) is 13.8. The van der Waals surface area contributed by atoms with E-state index in [1.807, 2.05) is 30.3 Å². The Bertz CT molecular complexity index is 546. The molecule has 2 rings (SSSR count). The molecular weight excluding hydrogens is 257 g/mol. The van der Waals surface area contributed by atoms with Gasteiger partial charge in [-0.25, -0.2) is 0 Å². The van der Waals surface area contributed by atoms with Crippen molar-refractivity contribution >= 4 is 10.8 Å². The summed E-state index contributed by atoms with van der Waals surface area (Å²) >= 11 is 0. The Kier molecular flexibility index (Phi) is 4.07. The molecule has 0 saturated heterocycles. The van der Waals surface area contributed by atoms with Crippen LogP contribution >= 0.6 is 0 Å². The van der Waals surface area contributed by atoms with Gasteiger partial charge in [-0.15, -0.1) is 0 Å². The molecule has 2 nitrogen and oxygen atoms in total. The second-order valence-corrected chi connectivity index (χ2v) is 4.21. The lowest BCUT2D eigenvalue weighted by Gasteiger charge is -2.15. The molecule has 2 aromatic carbocycles. The molecule has 1 N–H and O–H groups in total. The van der Waals surface area contributed by atoms with E-state index in [1.165, 1.54) is 0 Å². The van der Waals surface area contributed by atoms with E-state index >= 15 is 0 Å². The molecule has 5 heteroatoms. The van der Waals surface area contributed by atoms with Crippen molar-refractivity contribution in [3.63, 3.8) is 0 Å². The quantitative estimate of drug-likeness (QED) is 0.922. The highest BCUT2D eigenvalue weighted by molar-refractivity contribution is 5.85. The molecule has 19 heavy (non-hydrogen) atoms. The summed E-state index contributed by atoms with van der Waals surface area (Å²) in [5, 5.41) is 11.7. The number of hydrogen-bond acceptors (Lipinski definition) is 2. The Morgan fingerprint density at radius 2 is 1.74 bits per heavy atom. The minimum absolute atomic E-state index is 0.381. The van der Waals surface area contributed by atoms with Crippen LogP contribution in [0.25, 0.3) is 10.8 Å². The van der Waals surface area contributed by atoms with E-state index in [1.54, 1.807) is 12.1 Å². The number of fused-ring (bicyclic) bond motifs is 1. The van der Waals surface area contributed by atoms with Gasteiger partial charge in [-0.3, -0.25) is 0 Å². The first-order valence-corrected chi connectivity index (χ1v) is 5.77. The molecule has 0 heterocycles. The van der Waals surface area contributed by atoms with Gasteiger partial charge in [0.15, 0.2) is 0 Å². The lowest BCUT2D eigenvalue weighted by atomic mass is 10.0. The Labute approximate surface area is 108 Å². The first-order valence-electron chi connectivity index (χ1n) is 5.77. The van der Waals surface area contributed by atoms with Gasteiger partial charge in [-0.2, -0.15) is 13.2 Å². The minimum Gasteiger partial charge on any atom is -0.386 e. The average Bonchev–Trinajstić information content (AvgIpc) is 2.36. The number of alkyl halides is 3. The van der Waals surface area contributed by atoms with Crippen LogP contribution in [0.2, 0.25) is 0 Å². The van der Waals surface area contributed by atoms with Crippen LogP contribution in [0.4, 0.5) is 13.2 Å². The summed E-state index contributed by atoms with van der Waals surface area (Å²) in [6.45, 7) is -1.73. The molecular formula is C14H13F3O2. The zero-order chi connectivity index (χ0) is 13.9. The summed E-state index contributed by atoms with van der Waals surface area (Å²) in [5.74, 6) is 0. The monoisotopic (exact) mass is 270 g/mol. The predicted molar refractivity (Wildman–Crippen MR) is 65.8 cm³/mol. The molecule has 0 aliphatic rings. The third kappa shape index (κ3) is 3.68. The number of ether oxygens (including phenoxy) is 1. The number of aliphatic hydroxyl groups excluding tert-OH is 1. The molecule has 0 aliphatic heterocycles. The van der Waals surface area contributed by atoms with Gasteiger partial charge in [0, 0.05) is 0 Å². The van der Waals surface area contributed by atoms with E-state index < -0.39 is 18.9 Å². The largest absolute Gasteiger partial charge is 0.411 e. The minimum atomic E-state index is -4.38. The van der Waals surface area contributed by atoms with Crippen molar-refractivity contribution in [1.82, 2.24) is 0 Å². The lowest BCUT2D eigenvalue weighted by molar-refractivity contribution is -0.179. The summed E-state index contributed by atoms with van der Waals surface area (Å²) in [4.78, 5) is 0. The van der Waals surface area contributed by atoms with Crippen molar-refractivity contribution in [3.05, 3.63) is 48.0 Å². The lowest BCUT2D eigenvalue weighted by Crippen LogP contribution is -2.19. The number of aliphatic hydroxyl groups is 1. The molecule has 1 unspecified atom stereocenters. The van der Waals surface area contributed by atoms with Crippen LogP contribution in [0.15, 0.2) is 42.5 Å². The van der Waals surface area contributed by atoms with Gasteiger partial charge < -0.3 is 9.84 Å². The third-order valence-corrected chi connectivity index (χ3v) is 2.72. The second kappa shape index (κ2) is 5.59. The fraction of sp³-hybridized carbons (Fsp3) is 0.286. The van der Waals surface area contributed by atoms with Crippen molar-refractivity contribution in [2.45, 2.75) is 12.3 Å². The molecule has 0 aromatic heterocycles. The number of benzene rings is 2. The summed E-state index contributed by atoms with van der Waals surface area (Å²) in [7, 11) is 0. The van der Waals surface area contributed by atoms with Gasteiger partial charge in [0.25, 0.3) is 0 Å². The van der Waals surface area contributed by atoms with Gasteiger partial charge in [-0.1, -0.05) is 42.5 Å². The maximum atomic E-state index is 12.0. The molecule has 0 fully saturated rings. The third-order valence-electron chi connectivity index (χ3n) is 2.72. The molecule has 0 saturated carbocycles. The highest BCUT2D eigenvalue weighted by Crippen LogP contribution is 2.25. The average molecular weight is 270 g/mol. The van der Waals surface area contributed by atoms with Crippen molar-refractivity contribution in [3.8, 4) is 0 Å². The Balaban J connectivity index is 2.11. The van der Waals surface area contributed by atoms with Crippen LogP contribution in [0.1, 0.15) is 11.7 Å². The van der Waals surface area contributed by atoms with Crippen LogP contribution in [0.5, 0.6) is 0 Å². The Hall–Kier alpha value is -1.59. The SMILES string of the molecule is OC(COCC(F)(F)F)c1cccc2ccccc12. The zero-order valence-corrected chi connectivity index (χ0v) is 10.0. The molecule has 0 amide bonds. The molecule has 1 atom stereocenters. The maximum absolute atomic E-state index is 12.0. The van der Waals surface area contributed by atoms with Crippen LogP contribution < -0.4 is 0 Å². The van der Waals surface area contributed by atoms with E-state index in [4.69, 9.17) is 0 Å². The Morgan fingerprint density at radius 1 is 1.05 bits per heavy atom. The smallest absolute Gasteiger partial charge is 0.386 e. The predicted octanol–water partition coefficient (Wildman–Crippen LogP) is 3.45. The standard InChI is InChI=1S/C14H13F3O2/c15-14(16,17)9-19-8-13(18)12-7-3-5-10-4-1-2-6-11(10)12/h1-7,13,18H,8-9H2. The van der Waals surface area contributed by atoms with E-state index in [9.17, 15) is 18.3 Å².